The highest BCUT2D eigenvalue weighted by Crippen LogP contribution is 2.16. The van der Waals surface area contributed by atoms with Gasteiger partial charge in [0.2, 0.25) is 0 Å². The van der Waals surface area contributed by atoms with Crippen molar-refractivity contribution < 1.29 is 9.18 Å². The van der Waals surface area contributed by atoms with Crippen molar-refractivity contribution in [3.05, 3.63) is 68.5 Å². The fourth-order valence-corrected chi connectivity index (χ4v) is 1.92. The van der Waals surface area contributed by atoms with Crippen LogP contribution in [0.5, 0.6) is 0 Å². The fourth-order valence-electron chi connectivity index (χ4n) is 1.56. The molecule has 0 radical (unpaired) electrons. The summed E-state index contributed by atoms with van der Waals surface area (Å²) in [6, 6.07) is 11.7. The predicted molar refractivity (Wildman–Crippen MR) is 73.7 cm³/mol. The van der Waals surface area contributed by atoms with Crippen LogP contribution in [0, 0.1) is 16.3 Å². The van der Waals surface area contributed by atoms with E-state index < -0.39 is 5.82 Å². The zero-order valence-electron chi connectivity index (χ0n) is 9.21. The van der Waals surface area contributed by atoms with Gasteiger partial charge in [-0.05, 0) is 71.5 Å². The summed E-state index contributed by atoms with van der Waals surface area (Å²) in [4.78, 5) is 12.0. The van der Waals surface area contributed by atoms with Gasteiger partial charge in [0.15, 0.2) is 5.78 Å². The van der Waals surface area contributed by atoms with Crippen LogP contribution in [0.1, 0.15) is 21.5 Å². The van der Waals surface area contributed by atoms with E-state index in [1.807, 2.05) is 12.1 Å². The summed E-state index contributed by atoms with van der Waals surface area (Å²) in [6.45, 7) is 1.79. The van der Waals surface area contributed by atoms with Gasteiger partial charge in [-0.3, -0.25) is 4.79 Å². The molecular formula is C14H10FIO. The Morgan fingerprint density at radius 2 is 1.76 bits per heavy atom. The summed E-state index contributed by atoms with van der Waals surface area (Å²) in [6.07, 6.45) is 0. The van der Waals surface area contributed by atoms with E-state index in [1.165, 1.54) is 12.1 Å². The lowest BCUT2D eigenvalue weighted by Crippen LogP contribution is -2.04. The van der Waals surface area contributed by atoms with Crippen molar-refractivity contribution in [3.8, 4) is 0 Å². The summed E-state index contributed by atoms with van der Waals surface area (Å²) in [7, 11) is 0. The van der Waals surface area contributed by atoms with Gasteiger partial charge >= 0.3 is 0 Å². The first-order chi connectivity index (χ1) is 8.08. The highest BCUT2D eigenvalue weighted by molar-refractivity contribution is 14.1. The Morgan fingerprint density at radius 3 is 2.35 bits per heavy atom. The molecule has 0 aromatic heterocycles. The lowest BCUT2D eigenvalue weighted by Gasteiger charge is -2.03. The van der Waals surface area contributed by atoms with Crippen LogP contribution in [0.25, 0.3) is 0 Å². The number of benzene rings is 2. The van der Waals surface area contributed by atoms with E-state index in [9.17, 15) is 9.18 Å². The van der Waals surface area contributed by atoms with Crippen molar-refractivity contribution in [2.24, 2.45) is 0 Å². The topological polar surface area (TPSA) is 17.1 Å². The molecule has 3 heteroatoms. The summed E-state index contributed by atoms with van der Waals surface area (Å²) >= 11 is 2.16. The fraction of sp³-hybridized carbons (Fsp3) is 0.0714. The number of rotatable bonds is 2. The van der Waals surface area contributed by atoms with Gasteiger partial charge in [0.1, 0.15) is 5.82 Å². The number of hydrogen-bond acceptors (Lipinski definition) is 1. The smallest absolute Gasteiger partial charge is 0.195 e. The first-order valence-electron chi connectivity index (χ1n) is 5.14. The van der Waals surface area contributed by atoms with E-state index in [4.69, 9.17) is 0 Å². The minimum Gasteiger partial charge on any atom is -0.288 e. The summed E-state index contributed by atoms with van der Waals surface area (Å²) in [5, 5.41) is 0. The second-order valence-corrected chi connectivity index (χ2v) is 5.06. The van der Waals surface area contributed by atoms with Crippen molar-refractivity contribution in [3.63, 3.8) is 0 Å². The van der Waals surface area contributed by atoms with E-state index in [1.54, 1.807) is 25.1 Å². The third kappa shape index (κ3) is 2.72. The summed E-state index contributed by atoms with van der Waals surface area (Å²) in [5.41, 5.74) is 1.44. The Labute approximate surface area is 113 Å². The van der Waals surface area contributed by atoms with Crippen LogP contribution in [0.3, 0.4) is 0 Å². The third-order valence-electron chi connectivity index (χ3n) is 2.48. The van der Waals surface area contributed by atoms with E-state index in [2.05, 4.69) is 22.6 Å². The molecule has 0 saturated carbocycles. The highest BCUT2D eigenvalue weighted by Gasteiger charge is 2.13. The lowest BCUT2D eigenvalue weighted by atomic mass is 10.0. The third-order valence-corrected chi connectivity index (χ3v) is 3.19. The van der Waals surface area contributed by atoms with Crippen LogP contribution in [-0.2, 0) is 0 Å². The molecule has 0 unspecified atom stereocenters. The molecule has 0 N–H and O–H groups in total. The number of carbonyl (C=O) groups is 1. The maximum absolute atomic E-state index is 13.6. The molecule has 0 spiro atoms. The zero-order valence-corrected chi connectivity index (χ0v) is 11.4. The molecule has 0 aliphatic heterocycles. The molecule has 0 bridgehead atoms. The summed E-state index contributed by atoms with van der Waals surface area (Å²) < 4.78 is 14.7. The molecule has 0 saturated heterocycles. The maximum atomic E-state index is 13.6. The SMILES string of the molecule is Cc1ccc(C(=O)c2ccc(I)cc2)c(F)c1. The normalized spacial score (nSPS) is 10.3. The molecule has 0 amide bonds. The highest BCUT2D eigenvalue weighted by atomic mass is 127. The minimum absolute atomic E-state index is 0.122. The lowest BCUT2D eigenvalue weighted by molar-refractivity contribution is 0.103. The zero-order chi connectivity index (χ0) is 12.4. The van der Waals surface area contributed by atoms with Gasteiger partial charge in [-0.15, -0.1) is 0 Å². The standard InChI is InChI=1S/C14H10FIO/c1-9-2-7-12(13(15)8-9)14(17)10-3-5-11(16)6-4-10/h2-8H,1H3. The molecule has 0 atom stereocenters. The van der Waals surface area contributed by atoms with Gasteiger partial charge in [-0.25, -0.2) is 4.39 Å². The number of ketones is 1. The van der Waals surface area contributed by atoms with Crippen molar-refractivity contribution in [2.45, 2.75) is 6.92 Å². The number of halogens is 2. The van der Waals surface area contributed by atoms with Crippen molar-refractivity contribution in [2.75, 3.05) is 0 Å². The van der Waals surface area contributed by atoms with Gasteiger partial charge in [-0.2, -0.15) is 0 Å². The molecule has 86 valence electrons. The molecule has 2 rings (SSSR count). The van der Waals surface area contributed by atoms with Gasteiger partial charge in [-0.1, -0.05) is 6.07 Å². The monoisotopic (exact) mass is 340 g/mol. The van der Waals surface area contributed by atoms with E-state index >= 15 is 0 Å². The Morgan fingerprint density at radius 1 is 1.12 bits per heavy atom. The molecule has 1 nitrogen and oxygen atoms in total. The van der Waals surface area contributed by atoms with Crippen molar-refractivity contribution in [1.82, 2.24) is 0 Å². The molecule has 0 aliphatic rings. The Kier molecular flexibility index (Phi) is 3.57. The summed E-state index contributed by atoms with van der Waals surface area (Å²) in [5.74, 6) is -0.743. The molecule has 0 aliphatic carbocycles. The van der Waals surface area contributed by atoms with Crippen LogP contribution < -0.4 is 0 Å². The van der Waals surface area contributed by atoms with Crippen molar-refractivity contribution in [1.29, 1.82) is 0 Å². The van der Waals surface area contributed by atoms with Crippen LogP contribution in [-0.4, -0.2) is 5.78 Å². The minimum atomic E-state index is -0.464. The molecular weight excluding hydrogens is 330 g/mol. The van der Waals surface area contributed by atoms with Crippen LogP contribution in [0.4, 0.5) is 4.39 Å². The van der Waals surface area contributed by atoms with E-state index in [0.29, 0.717) is 5.56 Å². The number of aryl methyl sites for hydroxylation is 1. The Bertz CT molecular complexity index is 561. The second kappa shape index (κ2) is 4.96. The van der Waals surface area contributed by atoms with Crippen LogP contribution >= 0.6 is 22.6 Å². The average Bonchev–Trinajstić information content (AvgIpc) is 2.29. The Balaban J connectivity index is 2.40. The molecule has 2 aromatic carbocycles. The number of hydrogen-bond donors (Lipinski definition) is 0. The maximum Gasteiger partial charge on any atom is 0.195 e. The van der Waals surface area contributed by atoms with Gasteiger partial charge in [0.05, 0.1) is 5.56 Å². The predicted octanol–water partition coefficient (Wildman–Crippen LogP) is 3.97. The number of carbonyl (C=O) groups excluding carboxylic acids is 1. The van der Waals surface area contributed by atoms with E-state index in [0.717, 1.165) is 9.13 Å². The second-order valence-electron chi connectivity index (χ2n) is 3.82. The first-order valence-corrected chi connectivity index (χ1v) is 6.22. The van der Waals surface area contributed by atoms with Gasteiger partial charge in [0.25, 0.3) is 0 Å². The van der Waals surface area contributed by atoms with Crippen LogP contribution in [0.2, 0.25) is 0 Å². The molecule has 17 heavy (non-hydrogen) atoms. The van der Waals surface area contributed by atoms with Crippen molar-refractivity contribution >= 4 is 28.4 Å². The molecule has 0 fully saturated rings. The quantitative estimate of drug-likeness (QED) is 0.597. The Hall–Kier alpha value is -1.23. The van der Waals surface area contributed by atoms with E-state index in [-0.39, 0.29) is 11.3 Å². The first kappa shape index (κ1) is 12.2. The van der Waals surface area contributed by atoms with Crippen LogP contribution in [0.15, 0.2) is 42.5 Å². The largest absolute Gasteiger partial charge is 0.288 e. The van der Waals surface area contributed by atoms with Gasteiger partial charge in [0, 0.05) is 9.13 Å². The molecule has 0 heterocycles. The average molecular weight is 340 g/mol. The van der Waals surface area contributed by atoms with Gasteiger partial charge < -0.3 is 0 Å². The molecule has 2 aromatic rings.